The molecule has 0 spiro atoms. The zero-order valence-corrected chi connectivity index (χ0v) is 12.1. The minimum Gasteiger partial charge on any atom is -0.462 e. The van der Waals surface area contributed by atoms with Gasteiger partial charge in [0.05, 0.1) is 35.3 Å². The first-order chi connectivity index (χ1) is 10.7. The fourth-order valence-electron chi connectivity index (χ4n) is 2.22. The molecular weight excluding hydrogens is 278 g/mol. The average molecular weight is 293 g/mol. The number of nitrogen functional groups attached to an aromatic ring is 1. The van der Waals surface area contributed by atoms with E-state index in [2.05, 4.69) is 9.97 Å². The van der Waals surface area contributed by atoms with E-state index in [-0.39, 0.29) is 0 Å². The Kier molecular flexibility index (Phi) is 3.70. The standard InChI is InChI=1S/C17H15N3O2/c1-2-22-17(21)12-8-13(18)16-14(9-12)19-10-15(20-16)11-6-4-3-5-7-11/h3-10H,2,18H2,1H3. The van der Waals surface area contributed by atoms with Crippen molar-refractivity contribution in [3.8, 4) is 11.3 Å². The third-order valence-electron chi connectivity index (χ3n) is 3.26. The third kappa shape index (κ3) is 2.61. The summed E-state index contributed by atoms with van der Waals surface area (Å²) >= 11 is 0. The summed E-state index contributed by atoms with van der Waals surface area (Å²) in [7, 11) is 0. The maximum Gasteiger partial charge on any atom is 0.338 e. The van der Waals surface area contributed by atoms with Crippen LogP contribution < -0.4 is 5.73 Å². The largest absolute Gasteiger partial charge is 0.462 e. The van der Waals surface area contributed by atoms with Crippen molar-refractivity contribution in [3.05, 3.63) is 54.2 Å². The summed E-state index contributed by atoms with van der Waals surface area (Å²) in [5.41, 5.74) is 9.67. The van der Waals surface area contributed by atoms with Crippen LogP contribution in [0, 0.1) is 0 Å². The Balaban J connectivity index is 2.09. The quantitative estimate of drug-likeness (QED) is 0.593. The van der Waals surface area contributed by atoms with E-state index < -0.39 is 5.97 Å². The molecule has 0 atom stereocenters. The molecule has 5 nitrogen and oxygen atoms in total. The molecule has 3 rings (SSSR count). The summed E-state index contributed by atoms with van der Waals surface area (Å²) in [6, 6.07) is 13.0. The summed E-state index contributed by atoms with van der Waals surface area (Å²) < 4.78 is 4.98. The lowest BCUT2D eigenvalue weighted by atomic mass is 10.1. The minimum atomic E-state index is -0.412. The third-order valence-corrected chi connectivity index (χ3v) is 3.26. The lowest BCUT2D eigenvalue weighted by Crippen LogP contribution is -2.06. The van der Waals surface area contributed by atoms with Gasteiger partial charge >= 0.3 is 5.97 Å². The number of rotatable bonds is 3. The van der Waals surface area contributed by atoms with Crippen molar-refractivity contribution in [2.24, 2.45) is 0 Å². The highest BCUT2D eigenvalue weighted by Gasteiger charge is 2.12. The van der Waals surface area contributed by atoms with Crippen LogP contribution in [0.15, 0.2) is 48.7 Å². The number of carbonyl (C=O) groups excluding carboxylic acids is 1. The van der Waals surface area contributed by atoms with Crippen LogP contribution in [0.1, 0.15) is 17.3 Å². The Labute approximate surface area is 127 Å². The van der Waals surface area contributed by atoms with Gasteiger partial charge in [0, 0.05) is 5.56 Å². The highest BCUT2D eigenvalue weighted by Crippen LogP contribution is 2.24. The number of aromatic nitrogens is 2. The number of anilines is 1. The second-order valence-corrected chi connectivity index (χ2v) is 4.77. The molecule has 0 radical (unpaired) electrons. The number of carbonyl (C=O) groups is 1. The molecule has 5 heteroatoms. The van der Waals surface area contributed by atoms with E-state index in [1.807, 2.05) is 30.3 Å². The topological polar surface area (TPSA) is 78.1 Å². The molecule has 0 unspecified atom stereocenters. The van der Waals surface area contributed by atoms with Gasteiger partial charge in [-0.25, -0.2) is 9.78 Å². The fourth-order valence-corrected chi connectivity index (χ4v) is 2.22. The van der Waals surface area contributed by atoms with Crippen molar-refractivity contribution < 1.29 is 9.53 Å². The lowest BCUT2D eigenvalue weighted by Gasteiger charge is -2.07. The highest BCUT2D eigenvalue weighted by atomic mass is 16.5. The molecule has 1 aromatic heterocycles. The van der Waals surface area contributed by atoms with Crippen molar-refractivity contribution in [3.63, 3.8) is 0 Å². The first-order valence-electron chi connectivity index (χ1n) is 6.98. The second-order valence-electron chi connectivity index (χ2n) is 4.77. The SMILES string of the molecule is CCOC(=O)c1cc(N)c2nc(-c3ccccc3)cnc2c1. The summed E-state index contributed by atoms with van der Waals surface area (Å²) in [4.78, 5) is 20.7. The molecule has 0 bridgehead atoms. The van der Waals surface area contributed by atoms with E-state index in [4.69, 9.17) is 10.5 Å². The van der Waals surface area contributed by atoms with E-state index in [0.29, 0.717) is 28.9 Å². The highest BCUT2D eigenvalue weighted by molar-refractivity contribution is 5.98. The van der Waals surface area contributed by atoms with Gasteiger partial charge in [-0.3, -0.25) is 4.98 Å². The molecule has 0 aliphatic carbocycles. The van der Waals surface area contributed by atoms with Crippen LogP contribution in [0.5, 0.6) is 0 Å². The van der Waals surface area contributed by atoms with Crippen LogP contribution in [0.25, 0.3) is 22.3 Å². The van der Waals surface area contributed by atoms with E-state index in [1.165, 1.54) is 0 Å². The maximum absolute atomic E-state index is 11.8. The van der Waals surface area contributed by atoms with Crippen LogP contribution in [0.2, 0.25) is 0 Å². The van der Waals surface area contributed by atoms with Crippen molar-refractivity contribution in [2.75, 3.05) is 12.3 Å². The first-order valence-corrected chi connectivity index (χ1v) is 6.98. The number of esters is 1. The van der Waals surface area contributed by atoms with Crippen molar-refractivity contribution in [1.29, 1.82) is 0 Å². The maximum atomic E-state index is 11.8. The average Bonchev–Trinajstić information content (AvgIpc) is 2.55. The van der Waals surface area contributed by atoms with Crippen LogP contribution in [-0.4, -0.2) is 22.5 Å². The summed E-state index contributed by atoms with van der Waals surface area (Å²) in [5, 5.41) is 0. The molecule has 0 amide bonds. The number of hydrogen-bond donors (Lipinski definition) is 1. The Morgan fingerprint density at radius 3 is 2.73 bits per heavy atom. The van der Waals surface area contributed by atoms with Gasteiger partial charge in [0.1, 0.15) is 5.52 Å². The van der Waals surface area contributed by atoms with Crippen molar-refractivity contribution >= 4 is 22.7 Å². The van der Waals surface area contributed by atoms with Crippen LogP contribution in [0.4, 0.5) is 5.69 Å². The lowest BCUT2D eigenvalue weighted by molar-refractivity contribution is 0.0526. The number of nitrogens with two attached hydrogens (primary N) is 1. The van der Waals surface area contributed by atoms with E-state index in [9.17, 15) is 4.79 Å². The van der Waals surface area contributed by atoms with Gasteiger partial charge in [-0.05, 0) is 19.1 Å². The van der Waals surface area contributed by atoms with Crippen molar-refractivity contribution in [1.82, 2.24) is 9.97 Å². The van der Waals surface area contributed by atoms with Gasteiger partial charge in [0.25, 0.3) is 0 Å². The van der Waals surface area contributed by atoms with Gasteiger partial charge in [0.2, 0.25) is 0 Å². The molecule has 0 aliphatic heterocycles. The number of hydrogen-bond acceptors (Lipinski definition) is 5. The van der Waals surface area contributed by atoms with E-state index >= 15 is 0 Å². The first kappa shape index (κ1) is 14.0. The van der Waals surface area contributed by atoms with Gasteiger partial charge in [-0.1, -0.05) is 30.3 Å². The Morgan fingerprint density at radius 2 is 2.00 bits per heavy atom. The normalized spacial score (nSPS) is 10.6. The molecule has 0 saturated heterocycles. The molecular formula is C17H15N3O2. The van der Waals surface area contributed by atoms with Gasteiger partial charge in [-0.15, -0.1) is 0 Å². The number of fused-ring (bicyclic) bond motifs is 1. The van der Waals surface area contributed by atoms with Crippen LogP contribution >= 0.6 is 0 Å². The van der Waals surface area contributed by atoms with Crippen LogP contribution in [-0.2, 0) is 4.74 Å². The second kappa shape index (κ2) is 5.81. The molecule has 22 heavy (non-hydrogen) atoms. The van der Waals surface area contributed by atoms with E-state index in [1.54, 1.807) is 25.3 Å². The van der Waals surface area contributed by atoms with Crippen LogP contribution in [0.3, 0.4) is 0 Å². The Morgan fingerprint density at radius 1 is 1.23 bits per heavy atom. The zero-order chi connectivity index (χ0) is 15.5. The van der Waals surface area contributed by atoms with Crippen molar-refractivity contribution in [2.45, 2.75) is 6.92 Å². The summed E-state index contributed by atoms with van der Waals surface area (Å²) in [6.07, 6.45) is 1.67. The molecule has 110 valence electrons. The fraction of sp³-hybridized carbons (Fsp3) is 0.118. The summed E-state index contributed by atoms with van der Waals surface area (Å²) in [5.74, 6) is -0.412. The van der Waals surface area contributed by atoms with Gasteiger partial charge in [0.15, 0.2) is 0 Å². The molecule has 2 aromatic carbocycles. The molecule has 1 heterocycles. The minimum absolute atomic E-state index is 0.315. The van der Waals surface area contributed by atoms with E-state index in [0.717, 1.165) is 11.3 Å². The number of ether oxygens (including phenoxy) is 1. The Bertz CT molecular complexity index is 832. The smallest absolute Gasteiger partial charge is 0.338 e. The predicted octanol–water partition coefficient (Wildman–Crippen LogP) is 3.06. The monoisotopic (exact) mass is 293 g/mol. The Hall–Kier alpha value is -2.95. The number of benzene rings is 2. The number of nitrogens with zero attached hydrogens (tertiary/aromatic N) is 2. The predicted molar refractivity (Wildman–Crippen MR) is 85.3 cm³/mol. The molecule has 0 aliphatic rings. The molecule has 0 saturated carbocycles. The molecule has 3 aromatic rings. The van der Waals surface area contributed by atoms with Gasteiger partial charge < -0.3 is 10.5 Å². The molecule has 0 fully saturated rings. The molecule has 2 N–H and O–H groups in total. The zero-order valence-electron chi connectivity index (χ0n) is 12.1. The summed E-state index contributed by atoms with van der Waals surface area (Å²) in [6.45, 7) is 2.07. The van der Waals surface area contributed by atoms with Gasteiger partial charge in [-0.2, -0.15) is 0 Å².